The van der Waals surface area contributed by atoms with Gasteiger partial charge in [-0.2, -0.15) is 0 Å². The third-order valence-corrected chi connectivity index (χ3v) is 1.65. The Morgan fingerprint density at radius 2 is 2.00 bits per heavy atom. The first-order valence-corrected chi connectivity index (χ1v) is 3.61. The lowest BCUT2D eigenvalue weighted by atomic mass is 10.1. The van der Waals surface area contributed by atoms with Crippen molar-refractivity contribution in [2.75, 3.05) is 0 Å². The van der Waals surface area contributed by atoms with Gasteiger partial charge in [-0.3, -0.25) is 0 Å². The summed E-state index contributed by atoms with van der Waals surface area (Å²) in [5.41, 5.74) is 1.37. The summed E-state index contributed by atoms with van der Waals surface area (Å²) in [6.07, 6.45) is 0.722. The fourth-order valence-corrected chi connectivity index (χ4v) is 0.993. The zero-order valence-electron chi connectivity index (χ0n) is 6.65. The van der Waals surface area contributed by atoms with Crippen molar-refractivity contribution < 1.29 is 0 Å². The van der Waals surface area contributed by atoms with Crippen LogP contribution in [-0.2, 0) is 6.42 Å². The second-order valence-corrected chi connectivity index (χ2v) is 2.35. The van der Waals surface area contributed by atoms with E-state index in [1.165, 1.54) is 6.07 Å². The summed E-state index contributed by atoms with van der Waals surface area (Å²) >= 11 is 0. The third kappa shape index (κ3) is 1.53. The molecule has 1 aromatic rings. The van der Waals surface area contributed by atoms with Gasteiger partial charge in [0.2, 0.25) is 0 Å². The number of hydrogen-bond acceptors (Lipinski definition) is 4. The van der Waals surface area contributed by atoms with Crippen molar-refractivity contribution in [1.29, 1.82) is 0 Å². The van der Waals surface area contributed by atoms with Crippen LogP contribution >= 0.6 is 0 Å². The summed E-state index contributed by atoms with van der Waals surface area (Å²) in [5.74, 6) is 0. The number of hydrogen-bond donors (Lipinski definition) is 0. The minimum absolute atomic E-state index is 0.238. The normalized spacial score (nSPS) is 9.42. The highest BCUT2D eigenvalue weighted by atomic mass is 16.3. The van der Waals surface area contributed by atoms with E-state index in [-0.39, 0.29) is 5.69 Å². The van der Waals surface area contributed by atoms with Gasteiger partial charge in [0.25, 0.3) is 0 Å². The molecule has 0 aliphatic heterocycles. The summed E-state index contributed by atoms with van der Waals surface area (Å²) in [6, 6.07) is 4.65. The highest BCUT2D eigenvalue weighted by molar-refractivity contribution is 5.55. The van der Waals surface area contributed by atoms with E-state index in [1.807, 2.05) is 6.92 Å². The summed E-state index contributed by atoms with van der Waals surface area (Å²) in [4.78, 5) is 20.3. The molecule has 0 aromatic heterocycles. The molecule has 0 N–H and O–H groups in total. The molecule has 62 valence electrons. The van der Waals surface area contributed by atoms with E-state index in [2.05, 4.69) is 10.4 Å². The highest BCUT2D eigenvalue weighted by Gasteiger charge is 2.02. The van der Waals surface area contributed by atoms with Crippen LogP contribution in [0.1, 0.15) is 12.5 Å². The van der Waals surface area contributed by atoms with Crippen molar-refractivity contribution in [2.24, 2.45) is 10.4 Å². The van der Waals surface area contributed by atoms with Gasteiger partial charge in [0, 0.05) is 0 Å². The lowest BCUT2D eigenvalue weighted by Gasteiger charge is -1.98. The highest BCUT2D eigenvalue weighted by Crippen LogP contribution is 2.25. The van der Waals surface area contributed by atoms with Gasteiger partial charge in [-0.1, -0.05) is 13.0 Å². The van der Waals surface area contributed by atoms with Gasteiger partial charge in [-0.25, -0.2) is 0 Å². The number of nitrogens with zero attached hydrogens (tertiary/aromatic N) is 2. The Bertz CT molecular complexity index is 310. The molecule has 0 unspecified atom stereocenters. The van der Waals surface area contributed by atoms with Crippen LogP contribution in [0.15, 0.2) is 28.6 Å². The van der Waals surface area contributed by atoms with E-state index >= 15 is 0 Å². The van der Waals surface area contributed by atoms with E-state index in [0.717, 1.165) is 12.0 Å². The zero-order chi connectivity index (χ0) is 8.97. The lowest BCUT2D eigenvalue weighted by molar-refractivity contribution is 1.13. The van der Waals surface area contributed by atoms with Crippen LogP contribution in [0.2, 0.25) is 0 Å². The average molecular weight is 164 g/mol. The Kier molecular flexibility index (Phi) is 2.63. The molecule has 4 nitrogen and oxygen atoms in total. The summed E-state index contributed by atoms with van der Waals surface area (Å²) in [5, 5.41) is 5.51. The molecule has 0 spiro atoms. The molecular formula is C8H8N2O2. The van der Waals surface area contributed by atoms with E-state index in [1.54, 1.807) is 12.1 Å². The van der Waals surface area contributed by atoms with Crippen molar-refractivity contribution in [3.63, 3.8) is 0 Å². The second-order valence-electron chi connectivity index (χ2n) is 2.35. The van der Waals surface area contributed by atoms with Gasteiger partial charge in [0.1, 0.15) is 11.4 Å². The van der Waals surface area contributed by atoms with Gasteiger partial charge in [-0.15, -0.1) is 9.81 Å². The fraction of sp³-hybridized carbons (Fsp3) is 0.250. The fourth-order valence-electron chi connectivity index (χ4n) is 0.993. The number of benzene rings is 1. The Morgan fingerprint density at radius 3 is 2.50 bits per heavy atom. The maximum absolute atomic E-state index is 10.3. The zero-order valence-corrected chi connectivity index (χ0v) is 6.65. The molecule has 0 aliphatic carbocycles. The standard InChI is InChI=1S/C8H8N2O2/c1-2-6-3-4-7(9-11)5-8(6)10-12/h3-5H,2H2,1H3. The predicted octanol–water partition coefficient (Wildman–Crippen LogP) is 3.04. The van der Waals surface area contributed by atoms with Gasteiger partial charge in [0.05, 0.1) is 0 Å². The van der Waals surface area contributed by atoms with E-state index in [9.17, 15) is 9.81 Å². The first-order chi connectivity index (χ1) is 5.81. The molecule has 0 radical (unpaired) electrons. The molecule has 12 heavy (non-hydrogen) atoms. The van der Waals surface area contributed by atoms with E-state index < -0.39 is 0 Å². The van der Waals surface area contributed by atoms with E-state index in [0.29, 0.717) is 5.69 Å². The van der Waals surface area contributed by atoms with Crippen LogP contribution in [0.3, 0.4) is 0 Å². The number of rotatable bonds is 3. The second kappa shape index (κ2) is 3.71. The molecule has 1 aromatic carbocycles. The predicted molar refractivity (Wildman–Crippen MR) is 46.7 cm³/mol. The Balaban J connectivity index is 3.18. The maximum Gasteiger partial charge on any atom is 0.113 e. The molecule has 0 amide bonds. The van der Waals surface area contributed by atoms with Crippen molar-refractivity contribution in [2.45, 2.75) is 13.3 Å². The third-order valence-electron chi connectivity index (χ3n) is 1.65. The molecule has 0 aliphatic rings. The van der Waals surface area contributed by atoms with E-state index in [4.69, 9.17) is 0 Å². The molecule has 0 bridgehead atoms. The quantitative estimate of drug-likeness (QED) is 0.644. The SMILES string of the molecule is CCc1ccc(N=O)cc1N=O. The van der Waals surface area contributed by atoms with Crippen molar-refractivity contribution in [3.8, 4) is 0 Å². The van der Waals surface area contributed by atoms with Crippen LogP contribution in [0.25, 0.3) is 0 Å². The Labute approximate surface area is 69.6 Å². The molecule has 0 saturated carbocycles. The first kappa shape index (κ1) is 8.52. The minimum atomic E-state index is 0.238. The lowest BCUT2D eigenvalue weighted by Crippen LogP contribution is -1.79. The van der Waals surface area contributed by atoms with Gasteiger partial charge < -0.3 is 0 Å². The molecular weight excluding hydrogens is 156 g/mol. The Hall–Kier alpha value is -1.58. The Morgan fingerprint density at radius 1 is 1.25 bits per heavy atom. The summed E-state index contributed by atoms with van der Waals surface area (Å²) in [7, 11) is 0. The molecule has 0 atom stereocenters. The number of nitroso groups, excluding NO2 is 2. The first-order valence-electron chi connectivity index (χ1n) is 3.61. The molecule has 0 fully saturated rings. The summed E-state index contributed by atoms with van der Waals surface area (Å²) in [6.45, 7) is 1.91. The summed E-state index contributed by atoms with van der Waals surface area (Å²) < 4.78 is 0. The van der Waals surface area contributed by atoms with Crippen molar-refractivity contribution >= 4 is 11.4 Å². The smallest absolute Gasteiger partial charge is 0.113 e. The van der Waals surface area contributed by atoms with Crippen LogP contribution in [0.5, 0.6) is 0 Å². The van der Waals surface area contributed by atoms with Gasteiger partial charge in [0.15, 0.2) is 0 Å². The molecule has 0 heterocycles. The van der Waals surface area contributed by atoms with Crippen molar-refractivity contribution in [3.05, 3.63) is 33.6 Å². The molecule has 1 rings (SSSR count). The molecule has 0 saturated heterocycles. The van der Waals surface area contributed by atoms with Crippen LogP contribution < -0.4 is 0 Å². The average Bonchev–Trinajstić information content (AvgIpc) is 2.16. The topological polar surface area (TPSA) is 58.9 Å². The monoisotopic (exact) mass is 164 g/mol. The van der Waals surface area contributed by atoms with Crippen LogP contribution in [0, 0.1) is 9.81 Å². The number of aryl methyl sites for hydroxylation is 1. The minimum Gasteiger partial charge on any atom is -0.145 e. The van der Waals surface area contributed by atoms with Crippen molar-refractivity contribution in [1.82, 2.24) is 0 Å². The van der Waals surface area contributed by atoms with Gasteiger partial charge in [-0.05, 0) is 34.5 Å². The van der Waals surface area contributed by atoms with Crippen LogP contribution in [0.4, 0.5) is 11.4 Å². The molecule has 4 heteroatoms. The van der Waals surface area contributed by atoms with Gasteiger partial charge >= 0.3 is 0 Å². The maximum atomic E-state index is 10.3. The largest absolute Gasteiger partial charge is 0.145 e. The van der Waals surface area contributed by atoms with Crippen LogP contribution in [-0.4, -0.2) is 0 Å².